The Morgan fingerprint density at radius 1 is 1.32 bits per heavy atom. The van der Waals surface area contributed by atoms with Crippen molar-refractivity contribution in [3.63, 3.8) is 0 Å². The molecule has 3 atom stereocenters. The van der Waals surface area contributed by atoms with Crippen LogP contribution in [0.15, 0.2) is 0 Å². The number of aromatic nitrogens is 2. The largest absolute Gasteiger partial charge is 0.480 e. The molecule has 0 aliphatic carbocycles. The second-order valence-corrected chi connectivity index (χ2v) is 6.09. The molecule has 1 unspecified atom stereocenters. The van der Waals surface area contributed by atoms with E-state index in [0.29, 0.717) is 12.8 Å². The van der Waals surface area contributed by atoms with Crippen LogP contribution < -0.4 is 5.32 Å². The Balaban J connectivity index is 2.78. The highest BCUT2D eigenvalue weighted by Gasteiger charge is 2.27. The Morgan fingerprint density at radius 2 is 1.91 bits per heavy atom. The number of carboxylic acids is 1. The molecular weight excluding hydrogens is 282 g/mol. The molecule has 6 heteroatoms. The summed E-state index contributed by atoms with van der Waals surface area (Å²) in [6.45, 7) is 9.46. The number of carbonyl (C=O) groups excluding carboxylic acids is 1. The summed E-state index contributed by atoms with van der Waals surface area (Å²) < 4.78 is 1.80. The first kappa shape index (κ1) is 18.2. The molecule has 6 nitrogen and oxygen atoms in total. The van der Waals surface area contributed by atoms with Gasteiger partial charge in [-0.1, -0.05) is 27.2 Å². The number of carboxylic acid groups (broad SMARTS) is 1. The third-order valence-corrected chi connectivity index (χ3v) is 4.39. The van der Waals surface area contributed by atoms with E-state index in [2.05, 4.69) is 10.4 Å². The second-order valence-electron chi connectivity index (χ2n) is 6.09. The number of aliphatic carboxylic acids is 1. The van der Waals surface area contributed by atoms with Gasteiger partial charge in [-0.15, -0.1) is 0 Å². The first-order valence-corrected chi connectivity index (χ1v) is 7.71. The summed E-state index contributed by atoms with van der Waals surface area (Å²) in [6.07, 6.45) is 1.26. The summed E-state index contributed by atoms with van der Waals surface area (Å²) in [5, 5.41) is 16.3. The summed E-state index contributed by atoms with van der Waals surface area (Å²) in [6, 6.07) is -0.837. The van der Waals surface area contributed by atoms with E-state index < -0.39 is 12.0 Å². The Morgan fingerprint density at radius 3 is 2.32 bits per heavy atom. The highest BCUT2D eigenvalue weighted by Crippen LogP contribution is 2.17. The first-order chi connectivity index (χ1) is 10.2. The zero-order valence-electron chi connectivity index (χ0n) is 14.3. The maximum atomic E-state index is 12.3. The van der Waals surface area contributed by atoms with Crippen molar-refractivity contribution in [3.8, 4) is 0 Å². The molecule has 0 bridgehead atoms. The first-order valence-electron chi connectivity index (χ1n) is 7.71. The van der Waals surface area contributed by atoms with Crippen molar-refractivity contribution in [2.75, 3.05) is 0 Å². The van der Waals surface area contributed by atoms with Gasteiger partial charge in [0.15, 0.2) is 0 Å². The van der Waals surface area contributed by atoms with E-state index in [4.69, 9.17) is 0 Å². The highest BCUT2D eigenvalue weighted by molar-refractivity contribution is 5.85. The minimum Gasteiger partial charge on any atom is -0.480 e. The van der Waals surface area contributed by atoms with Gasteiger partial charge >= 0.3 is 5.97 Å². The van der Waals surface area contributed by atoms with Crippen molar-refractivity contribution in [1.29, 1.82) is 0 Å². The number of hydrogen-bond donors (Lipinski definition) is 2. The smallest absolute Gasteiger partial charge is 0.326 e. The lowest BCUT2D eigenvalue weighted by molar-refractivity contribution is -0.143. The number of nitrogens with one attached hydrogen (secondary N) is 1. The van der Waals surface area contributed by atoms with Crippen LogP contribution >= 0.6 is 0 Å². The molecule has 1 amide bonds. The molecule has 2 N–H and O–H groups in total. The lowest BCUT2D eigenvalue weighted by atomic mass is 9.96. The number of rotatable bonds is 7. The van der Waals surface area contributed by atoms with Crippen molar-refractivity contribution < 1.29 is 14.7 Å². The van der Waals surface area contributed by atoms with Crippen molar-refractivity contribution in [1.82, 2.24) is 15.1 Å². The average Bonchev–Trinajstić information content (AvgIpc) is 2.69. The van der Waals surface area contributed by atoms with E-state index in [0.717, 1.165) is 17.0 Å². The van der Waals surface area contributed by atoms with Crippen LogP contribution in [0.2, 0.25) is 0 Å². The molecule has 0 aliphatic heterocycles. The maximum absolute atomic E-state index is 12.3. The van der Waals surface area contributed by atoms with Gasteiger partial charge in [-0.2, -0.15) is 5.10 Å². The topological polar surface area (TPSA) is 84.2 Å². The van der Waals surface area contributed by atoms with E-state index in [-0.39, 0.29) is 17.7 Å². The summed E-state index contributed by atoms with van der Waals surface area (Å²) >= 11 is 0. The van der Waals surface area contributed by atoms with Crippen LogP contribution in [0.4, 0.5) is 0 Å². The summed E-state index contributed by atoms with van der Waals surface area (Å²) in [4.78, 5) is 23.6. The van der Waals surface area contributed by atoms with Crippen molar-refractivity contribution in [2.24, 2.45) is 18.9 Å². The fourth-order valence-corrected chi connectivity index (χ4v) is 2.49. The fourth-order valence-electron chi connectivity index (χ4n) is 2.49. The summed E-state index contributed by atoms with van der Waals surface area (Å²) in [5.41, 5.74) is 3.01. The van der Waals surface area contributed by atoms with Crippen LogP contribution in [0.1, 0.15) is 44.1 Å². The molecule has 0 spiro atoms. The van der Waals surface area contributed by atoms with Gasteiger partial charge in [0.2, 0.25) is 5.91 Å². The van der Waals surface area contributed by atoms with Crippen LogP contribution in [0.5, 0.6) is 0 Å². The molecule has 0 aromatic carbocycles. The summed E-state index contributed by atoms with van der Waals surface area (Å²) in [5.74, 6) is -1.61. The average molecular weight is 309 g/mol. The monoisotopic (exact) mass is 309 g/mol. The predicted molar refractivity (Wildman–Crippen MR) is 84.6 cm³/mol. The fraction of sp³-hybridized carbons (Fsp3) is 0.688. The van der Waals surface area contributed by atoms with Crippen LogP contribution in [-0.4, -0.2) is 32.8 Å². The minimum atomic E-state index is -0.983. The van der Waals surface area contributed by atoms with Crippen molar-refractivity contribution in [3.05, 3.63) is 17.0 Å². The molecule has 0 saturated heterocycles. The number of aryl methyl sites for hydroxylation is 2. The van der Waals surface area contributed by atoms with E-state index in [1.807, 2.05) is 41.7 Å². The zero-order valence-corrected chi connectivity index (χ0v) is 14.3. The molecular formula is C16H27N3O3. The predicted octanol–water partition coefficient (Wildman–Crippen LogP) is 1.83. The second kappa shape index (κ2) is 7.42. The quantitative estimate of drug-likeness (QED) is 0.805. The van der Waals surface area contributed by atoms with Crippen LogP contribution in [-0.2, 0) is 23.1 Å². The number of hydrogen-bond acceptors (Lipinski definition) is 3. The van der Waals surface area contributed by atoms with Gasteiger partial charge in [0.05, 0.1) is 5.69 Å². The molecule has 1 rings (SSSR count). The van der Waals surface area contributed by atoms with Gasteiger partial charge in [0.25, 0.3) is 0 Å². The lowest BCUT2D eigenvalue weighted by Crippen LogP contribution is -2.47. The van der Waals surface area contributed by atoms with Gasteiger partial charge in [-0.05, 0) is 31.7 Å². The van der Waals surface area contributed by atoms with Crippen molar-refractivity contribution in [2.45, 2.75) is 53.5 Å². The van der Waals surface area contributed by atoms with Crippen molar-refractivity contribution >= 4 is 11.9 Å². The zero-order chi connectivity index (χ0) is 17.0. The van der Waals surface area contributed by atoms with Gasteiger partial charge in [0.1, 0.15) is 6.04 Å². The van der Waals surface area contributed by atoms with E-state index in [1.165, 1.54) is 0 Å². The highest BCUT2D eigenvalue weighted by atomic mass is 16.4. The Kier molecular flexibility index (Phi) is 6.14. The van der Waals surface area contributed by atoms with E-state index in [9.17, 15) is 14.7 Å². The molecule has 22 heavy (non-hydrogen) atoms. The molecule has 0 fully saturated rings. The molecule has 0 aliphatic rings. The normalized spacial score (nSPS) is 15.2. The number of amides is 1. The lowest BCUT2D eigenvalue weighted by Gasteiger charge is -2.22. The molecule has 1 aromatic heterocycles. The van der Waals surface area contributed by atoms with Gasteiger partial charge in [-0.25, -0.2) is 4.79 Å². The summed E-state index contributed by atoms with van der Waals surface area (Å²) in [7, 11) is 1.87. The third-order valence-electron chi connectivity index (χ3n) is 4.39. The maximum Gasteiger partial charge on any atom is 0.326 e. The third kappa shape index (κ3) is 4.08. The van der Waals surface area contributed by atoms with Gasteiger partial charge in [0, 0.05) is 18.7 Å². The molecule has 0 saturated carbocycles. The minimum absolute atomic E-state index is 0.101. The molecule has 0 radical (unpaired) electrons. The van der Waals surface area contributed by atoms with E-state index in [1.54, 1.807) is 4.68 Å². The van der Waals surface area contributed by atoms with Gasteiger partial charge in [-0.3, -0.25) is 9.48 Å². The molecule has 1 aromatic rings. The molecule has 1 heterocycles. The standard InChI is InChI=1S/C16H27N3O3/c1-7-9(2)14(16(21)22)17-15(20)10(3)8-13-11(4)18-19(6)12(13)5/h9-10,14H,7-8H2,1-6H3,(H,17,20)(H,21,22)/t9-,10?,14-/m0/s1. The Bertz CT molecular complexity index is 551. The number of carbonyl (C=O) groups is 2. The Hall–Kier alpha value is -1.85. The van der Waals surface area contributed by atoms with E-state index >= 15 is 0 Å². The Labute approximate surface area is 131 Å². The SMILES string of the molecule is CC[C@H](C)[C@H](NC(=O)C(C)Cc1c(C)nn(C)c1C)C(=O)O. The van der Waals surface area contributed by atoms with Gasteiger partial charge < -0.3 is 10.4 Å². The van der Waals surface area contributed by atoms with Crippen LogP contribution in [0, 0.1) is 25.7 Å². The molecule has 124 valence electrons. The van der Waals surface area contributed by atoms with Crippen LogP contribution in [0.25, 0.3) is 0 Å². The number of nitrogens with zero attached hydrogens (tertiary/aromatic N) is 2. The van der Waals surface area contributed by atoms with Crippen LogP contribution in [0.3, 0.4) is 0 Å².